The molecule has 0 spiro atoms. The molecule has 21 heavy (non-hydrogen) atoms. The van der Waals surface area contributed by atoms with Gasteiger partial charge in [-0.2, -0.15) is 0 Å². The highest BCUT2D eigenvalue weighted by molar-refractivity contribution is 6.30. The van der Waals surface area contributed by atoms with Gasteiger partial charge in [0.1, 0.15) is 5.75 Å². The van der Waals surface area contributed by atoms with E-state index in [-0.39, 0.29) is 22.9 Å². The standard InChI is InChI=1S/C14H10ClNO5/c15-10-3-6-13(12(8-10)16(19)20)21-11-4-1-9(2-5-11)7-14(17)18/h1-6,8H,7H2,(H,17,18). The van der Waals surface area contributed by atoms with E-state index in [4.69, 9.17) is 21.4 Å². The summed E-state index contributed by atoms with van der Waals surface area (Å²) in [6.45, 7) is 0. The minimum Gasteiger partial charge on any atom is -0.481 e. The average molecular weight is 308 g/mol. The lowest BCUT2D eigenvalue weighted by Gasteiger charge is -2.07. The van der Waals surface area contributed by atoms with Crippen LogP contribution in [0.2, 0.25) is 5.02 Å². The predicted molar refractivity (Wildman–Crippen MR) is 76.0 cm³/mol. The minimum atomic E-state index is -0.933. The van der Waals surface area contributed by atoms with E-state index in [0.717, 1.165) is 0 Å². The number of nitro benzene ring substituents is 1. The van der Waals surface area contributed by atoms with Gasteiger partial charge in [-0.05, 0) is 29.8 Å². The van der Waals surface area contributed by atoms with Crippen LogP contribution in [0.15, 0.2) is 42.5 Å². The normalized spacial score (nSPS) is 10.1. The summed E-state index contributed by atoms with van der Waals surface area (Å²) in [5, 5.41) is 19.9. The molecule has 1 N–H and O–H groups in total. The molecule has 108 valence electrons. The minimum absolute atomic E-state index is 0.0652. The molecule has 0 saturated heterocycles. The molecule has 0 aliphatic heterocycles. The molecule has 0 aromatic heterocycles. The highest BCUT2D eigenvalue weighted by Gasteiger charge is 2.16. The second-order valence-corrected chi connectivity index (χ2v) is 4.62. The Hall–Kier alpha value is -2.60. The van der Waals surface area contributed by atoms with Crippen molar-refractivity contribution in [3.63, 3.8) is 0 Å². The number of carboxylic acid groups (broad SMARTS) is 1. The zero-order valence-electron chi connectivity index (χ0n) is 10.7. The fourth-order valence-electron chi connectivity index (χ4n) is 1.70. The molecule has 0 bridgehead atoms. The molecule has 0 heterocycles. The van der Waals surface area contributed by atoms with Crippen LogP contribution in [0, 0.1) is 10.1 Å². The molecular formula is C14H10ClNO5. The van der Waals surface area contributed by atoms with E-state index in [1.165, 1.54) is 18.2 Å². The summed E-state index contributed by atoms with van der Waals surface area (Å²) in [7, 11) is 0. The Balaban J connectivity index is 2.22. The number of hydrogen-bond acceptors (Lipinski definition) is 4. The second-order valence-electron chi connectivity index (χ2n) is 4.19. The molecule has 6 nitrogen and oxygen atoms in total. The molecule has 2 aromatic rings. The van der Waals surface area contributed by atoms with Crippen molar-refractivity contribution in [2.45, 2.75) is 6.42 Å². The zero-order chi connectivity index (χ0) is 15.4. The molecule has 0 aliphatic rings. The lowest BCUT2D eigenvalue weighted by molar-refractivity contribution is -0.385. The third-order valence-corrected chi connectivity index (χ3v) is 2.86. The van der Waals surface area contributed by atoms with Gasteiger partial charge in [-0.25, -0.2) is 0 Å². The summed E-state index contributed by atoms with van der Waals surface area (Å²) in [5.41, 5.74) is 0.373. The summed E-state index contributed by atoms with van der Waals surface area (Å²) in [6, 6.07) is 10.4. The molecule has 0 amide bonds. The van der Waals surface area contributed by atoms with Crippen molar-refractivity contribution in [2.75, 3.05) is 0 Å². The monoisotopic (exact) mass is 307 g/mol. The van der Waals surface area contributed by atoms with Gasteiger partial charge in [-0.3, -0.25) is 14.9 Å². The van der Waals surface area contributed by atoms with E-state index < -0.39 is 10.9 Å². The second kappa shape index (κ2) is 6.23. The van der Waals surface area contributed by atoms with Crippen LogP contribution >= 0.6 is 11.6 Å². The fourth-order valence-corrected chi connectivity index (χ4v) is 1.86. The summed E-state index contributed by atoms with van der Waals surface area (Å²) in [6.07, 6.45) is -0.0959. The number of carbonyl (C=O) groups is 1. The van der Waals surface area contributed by atoms with E-state index >= 15 is 0 Å². The van der Waals surface area contributed by atoms with Crippen molar-refractivity contribution in [1.82, 2.24) is 0 Å². The smallest absolute Gasteiger partial charge is 0.313 e. The molecule has 0 saturated carbocycles. The van der Waals surface area contributed by atoms with Gasteiger partial charge in [0.2, 0.25) is 5.75 Å². The van der Waals surface area contributed by atoms with Gasteiger partial charge < -0.3 is 9.84 Å². The Labute approximate surface area is 124 Å². The number of nitrogens with zero attached hydrogens (tertiary/aromatic N) is 1. The molecule has 0 unspecified atom stereocenters. The first-order chi connectivity index (χ1) is 9.95. The number of aliphatic carboxylic acids is 1. The zero-order valence-corrected chi connectivity index (χ0v) is 11.4. The van der Waals surface area contributed by atoms with Gasteiger partial charge in [0.15, 0.2) is 0 Å². The molecule has 0 atom stereocenters. The van der Waals surface area contributed by atoms with Crippen LogP contribution in [0.3, 0.4) is 0 Å². The first-order valence-corrected chi connectivity index (χ1v) is 6.26. The van der Waals surface area contributed by atoms with Gasteiger partial charge >= 0.3 is 11.7 Å². The molecular weight excluding hydrogens is 298 g/mol. The fraction of sp³-hybridized carbons (Fsp3) is 0.0714. The van der Waals surface area contributed by atoms with Crippen LogP contribution in [0.1, 0.15) is 5.56 Å². The molecule has 2 aromatic carbocycles. The Morgan fingerprint density at radius 3 is 2.48 bits per heavy atom. The van der Waals surface area contributed by atoms with Crippen molar-refractivity contribution >= 4 is 23.3 Å². The van der Waals surface area contributed by atoms with E-state index in [9.17, 15) is 14.9 Å². The number of carboxylic acids is 1. The number of rotatable bonds is 5. The number of hydrogen-bond donors (Lipinski definition) is 1. The molecule has 0 fully saturated rings. The molecule has 0 aliphatic carbocycles. The summed E-state index contributed by atoms with van der Waals surface area (Å²) in [4.78, 5) is 20.9. The first kappa shape index (κ1) is 14.8. The van der Waals surface area contributed by atoms with Crippen molar-refractivity contribution in [3.8, 4) is 11.5 Å². The predicted octanol–water partition coefficient (Wildman–Crippen LogP) is 3.67. The third-order valence-electron chi connectivity index (χ3n) is 2.62. The summed E-state index contributed by atoms with van der Waals surface area (Å²) < 4.78 is 5.44. The maximum Gasteiger partial charge on any atom is 0.313 e. The Kier molecular flexibility index (Phi) is 4.39. The van der Waals surface area contributed by atoms with Crippen LogP contribution in [0.5, 0.6) is 11.5 Å². The van der Waals surface area contributed by atoms with E-state index in [1.54, 1.807) is 24.3 Å². The van der Waals surface area contributed by atoms with Crippen molar-refractivity contribution in [1.29, 1.82) is 0 Å². The van der Waals surface area contributed by atoms with Crippen molar-refractivity contribution < 1.29 is 19.6 Å². The van der Waals surface area contributed by atoms with Gasteiger partial charge in [0.05, 0.1) is 11.3 Å². The molecule has 0 radical (unpaired) electrons. The maximum atomic E-state index is 10.9. The first-order valence-electron chi connectivity index (χ1n) is 5.88. The number of ether oxygens (including phenoxy) is 1. The maximum absolute atomic E-state index is 10.9. The third kappa shape index (κ3) is 3.93. The quantitative estimate of drug-likeness (QED) is 0.672. The summed E-state index contributed by atoms with van der Waals surface area (Å²) in [5.74, 6) is -0.498. The van der Waals surface area contributed by atoms with Gasteiger partial charge in [-0.15, -0.1) is 0 Å². The largest absolute Gasteiger partial charge is 0.481 e. The van der Waals surface area contributed by atoms with Crippen LogP contribution < -0.4 is 4.74 Å². The van der Waals surface area contributed by atoms with Crippen molar-refractivity contribution in [2.24, 2.45) is 0 Å². The lowest BCUT2D eigenvalue weighted by Crippen LogP contribution is -1.99. The van der Waals surface area contributed by atoms with Gasteiger partial charge in [0.25, 0.3) is 0 Å². The van der Waals surface area contributed by atoms with E-state index in [2.05, 4.69) is 0 Å². The van der Waals surface area contributed by atoms with Gasteiger partial charge in [-0.1, -0.05) is 23.7 Å². The van der Waals surface area contributed by atoms with Crippen LogP contribution in [-0.4, -0.2) is 16.0 Å². The SMILES string of the molecule is O=C(O)Cc1ccc(Oc2ccc(Cl)cc2[N+](=O)[O-])cc1. The van der Waals surface area contributed by atoms with E-state index in [1.807, 2.05) is 0 Å². The van der Waals surface area contributed by atoms with Crippen LogP contribution in [-0.2, 0) is 11.2 Å². The highest BCUT2D eigenvalue weighted by atomic mass is 35.5. The Bertz CT molecular complexity index is 684. The number of nitro groups is 1. The van der Waals surface area contributed by atoms with Crippen molar-refractivity contribution in [3.05, 3.63) is 63.2 Å². The van der Waals surface area contributed by atoms with E-state index in [0.29, 0.717) is 11.3 Å². The highest BCUT2D eigenvalue weighted by Crippen LogP contribution is 2.33. The molecule has 7 heteroatoms. The number of halogens is 1. The summed E-state index contributed by atoms with van der Waals surface area (Å²) >= 11 is 5.72. The topological polar surface area (TPSA) is 89.7 Å². The van der Waals surface area contributed by atoms with Gasteiger partial charge in [0, 0.05) is 11.1 Å². The Morgan fingerprint density at radius 1 is 1.24 bits per heavy atom. The average Bonchev–Trinajstić information content (AvgIpc) is 2.42. The van der Waals surface area contributed by atoms with Crippen LogP contribution in [0.4, 0.5) is 5.69 Å². The molecule has 2 rings (SSSR count). The number of benzene rings is 2. The van der Waals surface area contributed by atoms with Crippen LogP contribution in [0.25, 0.3) is 0 Å². The Morgan fingerprint density at radius 2 is 1.90 bits per heavy atom. The lowest BCUT2D eigenvalue weighted by atomic mass is 10.1.